The van der Waals surface area contributed by atoms with Gasteiger partial charge in [0.25, 0.3) is 0 Å². The monoisotopic (exact) mass is 398 g/mol. The summed E-state index contributed by atoms with van der Waals surface area (Å²) in [4.78, 5) is 22.9. The third-order valence-corrected chi connectivity index (χ3v) is 4.13. The van der Waals surface area contributed by atoms with Gasteiger partial charge in [-0.15, -0.1) is 0 Å². The van der Waals surface area contributed by atoms with E-state index in [1.54, 1.807) is 30.3 Å². The summed E-state index contributed by atoms with van der Waals surface area (Å²) in [5, 5.41) is 10.0. The lowest BCUT2D eigenvalue weighted by molar-refractivity contribution is -0.143. The zero-order valence-corrected chi connectivity index (χ0v) is 16.7. The van der Waals surface area contributed by atoms with E-state index in [0.29, 0.717) is 30.8 Å². The molecule has 0 aromatic heterocycles. The summed E-state index contributed by atoms with van der Waals surface area (Å²) in [6, 6.07) is 12.0. The molecule has 0 radical (unpaired) electrons. The Morgan fingerprint density at radius 1 is 1.10 bits per heavy atom. The first-order chi connectivity index (χ1) is 14.0. The average Bonchev–Trinajstić information content (AvgIpc) is 2.73. The molecule has 0 unspecified atom stereocenters. The number of ether oxygens (including phenoxy) is 3. The molecule has 0 aliphatic heterocycles. The van der Waals surface area contributed by atoms with Crippen LogP contribution in [0, 0.1) is 0 Å². The van der Waals surface area contributed by atoms with Gasteiger partial charge in [-0.2, -0.15) is 0 Å². The van der Waals surface area contributed by atoms with Gasteiger partial charge < -0.3 is 19.3 Å². The fraction of sp³-hybridized carbons (Fsp3) is 0.304. The molecule has 6 nitrogen and oxygen atoms in total. The Labute approximate surface area is 170 Å². The number of phenolic OH excluding ortho intramolecular Hbond substituents is 1. The molecule has 0 amide bonds. The van der Waals surface area contributed by atoms with E-state index < -0.39 is 5.97 Å². The summed E-state index contributed by atoms with van der Waals surface area (Å²) in [5.74, 6) is 0.137. The first-order valence-electron chi connectivity index (χ1n) is 9.53. The number of carbonyl (C=O) groups excluding carboxylic acids is 2. The lowest BCUT2D eigenvalue weighted by Gasteiger charge is -2.09. The molecule has 0 aliphatic carbocycles. The van der Waals surface area contributed by atoms with Gasteiger partial charge in [-0.05, 0) is 54.3 Å². The fourth-order valence-electron chi connectivity index (χ4n) is 2.45. The van der Waals surface area contributed by atoms with Crippen LogP contribution in [0.4, 0.5) is 0 Å². The van der Waals surface area contributed by atoms with Crippen molar-refractivity contribution in [2.75, 3.05) is 13.7 Å². The van der Waals surface area contributed by atoms with Crippen molar-refractivity contribution >= 4 is 18.0 Å². The number of hydrogen-bond donors (Lipinski definition) is 1. The van der Waals surface area contributed by atoms with Gasteiger partial charge in [0.15, 0.2) is 11.5 Å². The van der Waals surface area contributed by atoms with Crippen LogP contribution in [0.3, 0.4) is 0 Å². The van der Waals surface area contributed by atoms with Crippen molar-refractivity contribution in [1.29, 1.82) is 0 Å². The van der Waals surface area contributed by atoms with E-state index in [4.69, 9.17) is 9.47 Å². The maximum Gasteiger partial charge on any atom is 0.330 e. The van der Waals surface area contributed by atoms with Crippen LogP contribution in [0.15, 0.2) is 48.5 Å². The van der Waals surface area contributed by atoms with Crippen molar-refractivity contribution in [3.05, 3.63) is 59.7 Å². The summed E-state index contributed by atoms with van der Waals surface area (Å²) in [7, 11) is 1.30. The van der Waals surface area contributed by atoms with Crippen LogP contribution < -0.4 is 4.74 Å². The molecule has 0 atom stereocenters. The Bertz CT molecular complexity index is 839. The van der Waals surface area contributed by atoms with Crippen molar-refractivity contribution in [3.63, 3.8) is 0 Å². The van der Waals surface area contributed by atoms with Crippen LogP contribution in [-0.2, 0) is 25.5 Å². The smallest absolute Gasteiger partial charge is 0.330 e. The molecule has 2 aromatic carbocycles. The first kappa shape index (κ1) is 22.0. The molecule has 0 fully saturated rings. The Hall–Kier alpha value is -3.28. The maximum absolute atomic E-state index is 11.7. The van der Waals surface area contributed by atoms with Crippen LogP contribution in [0.5, 0.6) is 17.2 Å². The minimum atomic E-state index is -0.467. The lowest BCUT2D eigenvalue weighted by atomic mass is 10.1. The second-order valence-electron chi connectivity index (χ2n) is 6.40. The highest BCUT2D eigenvalue weighted by atomic mass is 16.5. The minimum absolute atomic E-state index is 0.0147. The molecule has 1 N–H and O–H groups in total. The number of hydrogen-bond acceptors (Lipinski definition) is 6. The van der Waals surface area contributed by atoms with E-state index in [2.05, 4.69) is 4.74 Å². The molecule has 6 heteroatoms. The quantitative estimate of drug-likeness (QED) is 0.356. The maximum atomic E-state index is 11.7. The van der Waals surface area contributed by atoms with E-state index in [0.717, 1.165) is 18.4 Å². The van der Waals surface area contributed by atoms with Gasteiger partial charge in [-0.3, -0.25) is 4.79 Å². The highest BCUT2D eigenvalue weighted by Gasteiger charge is 2.07. The van der Waals surface area contributed by atoms with Crippen molar-refractivity contribution in [2.24, 2.45) is 0 Å². The molecule has 0 spiro atoms. The molecule has 154 valence electrons. The third kappa shape index (κ3) is 7.70. The number of unbranched alkanes of at least 4 members (excludes halogenated alkanes) is 1. The van der Waals surface area contributed by atoms with Gasteiger partial charge in [-0.25, -0.2) is 4.79 Å². The van der Waals surface area contributed by atoms with E-state index in [9.17, 15) is 14.7 Å². The Morgan fingerprint density at radius 2 is 1.86 bits per heavy atom. The van der Waals surface area contributed by atoms with E-state index in [-0.39, 0.29) is 17.5 Å². The highest BCUT2D eigenvalue weighted by Crippen LogP contribution is 2.32. The van der Waals surface area contributed by atoms with Gasteiger partial charge in [0, 0.05) is 12.5 Å². The van der Waals surface area contributed by atoms with E-state index in [1.165, 1.54) is 19.3 Å². The van der Waals surface area contributed by atoms with Crippen LogP contribution in [0.25, 0.3) is 6.08 Å². The molecule has 0 saturated heterocycles. The molecular formula is C23H26O6. The van der Waals surface area contributed by atoms with Crippen LogP contribution in [0.2, 0.25) is 0 Å². The predicted molar refractivity (Wildman–Crippen MR) is 110 cm³/mol. The number of esters is 2. The second-order valence-corrected chi connectivity index (χ2v) is 6.40. The van der Waals surface area contributed by atoms with Crippen molar-refractivity contribution < 1.29 is 28.9 Å². The zero-order chi connectivity index (χ0) is 21.1. The summed E-state index contributed by atoms with van der Waals surface area (Å²) in [5.41, 5.74) is 1.67. The molecule has 2 rings (SSSR count). The average molecular weight is 398 g/mol. The summed E-state index contributed by atoms with van der Waals surface area (Å²) >= 11 is 0. The van der Waals surface area contributed by atoms with Crippen molar-refractivity contribution in [1.82, 2.24) is 0 Å². The minimum Gasteiger partial charge on any atom is -0.504 e. The van der Waals surface area contributed by atoms with Crippen molar-refractivity contribution in [3.8, 4) is 17.2 Å². The summed E-state index contributed by atoms with van der Waals surface area (Å²) in [6.07, 6.45) is 5.65. The lowest BCUT2D eigenvalue weighted by Crippen LogP contribution is -2.06. The molecule has 0 aliphatic rings. The fourth-order valence-corrected chi connectivity index (χ4v) is 2.45. The van der Waals surface area contributed by atoms with E-state index in [1.807, 2.05) is 19.1 Å². The summed E-state index contributed by atoms with van der Waals surface area (Å²) in [6.45, 7) is 2.52. The Balaban J connectivity index is 1.94. The predicted octanol–water partition coefficient (Wildman–Crippen LogP) is 4.65. The van der Waals surface area contributed by atoms with E-state index >= 15 is 0 Å². The molecule has 2 aromatic rings. The molecular weight excluding hydrogens is 372 g/mol. The first-order valence-corrected chi connectivity index (χ1v) is 9.53. The van der Waals surface area contributed by atoms with Gasteiger partial charge in [0.2, 0.25) is 0 Å². The molecule has 0 heterocycles. The molecule has 0 saturated carbocycles. The highest BCUT2D eigenvalue weighted by molar-refractivity contribution is 5.87. The number of benzene rings is 2. The SMILES string of the molecule is CCCCOC(=O)CCc1ccc(Oc2cc(/C=C/C(=O)OC)ccc2O)cc1. The van der Waals surface area contributed by atoms with Gasteiger partial charge in [-0.1, -0.05) is 31.5 Å². The standard InChI is InChI=1S/C23H26O6/c1-3-4-15-28-23(26)14-8-17-5-10-19(11-6-17)29-21-16-18(7-12-20(21)24)9-13-22(25)27-2/h5-7,9-13,16,24H,3-4,8,14-15H2,1-2H3/b13-9+. The van der Waals surface area contributed by atoms with Crippen LogP contribution >= 0.6 is 0 Å². The number of aryl methyl sites for hydroxylation is 1. The topological polar surface area (TPSA) is 82.1 Å². The molecule has 29 heavy (non-hydrogen) atoms. The summed E-state index contributed by atoms with van der Waals surface area (Å²) < 4.78 is 15.4. The van der Waals surface area contributed by atoms with Gasteiger partial charge >= 0.3 is 11.9 Å². The zero-order valence-electron chi connectivity index (χ0n) is 16.7. The van der Waals surface area contributed by atoms with Crippen LogP contribution in [-0.4, -0.2) is 30.8 Å². The van der Waals surface area contributed by atoms with Gasteiger partial charge in [0.1, 0.15) is 5.75 Å². The molecule has 0 bridgehead atoms. The number of carbonyl (C=O) groups is 2. The second kappa shape index (κ2) is 11.5. The Morgan fingerprint density at radius 3 is 2.55 bits per heavy atom. The third-order valence-electron chi connectivity index (χ3n) is 4.13. The number of rotatable bonds is 10. The van der Waals surface area contributed by atoms with Crippen molar-refractivity contribution in [2.45, 2.75) is 32.6 Å². The number of aromatic hydroxyl groups is 1. The van der Waals surface area contributed by atoms with Crippen LogP contribution in [0.1, 0.15) is 37.3 Å². The normalized spacial score (nSPS) is 10.7. The number of methoxy groups -OCH3 is 1. The van der Waals surface area contributed by atoms with Gasteiger partial charge in [0.05, 0.1) is 13.7 Å². The largest absolute Gasteiger partial charge is 0.504 e. The number of phenols is 1. The Kier molecular flexibility index (Phi) is 8.76.